The lowest BCUT2D eigenvalue weighted by Gasteiger charge is -2.58. The zero-order valence-electron chi connectivity index (χ0n) is 24.5. The number of rotatable bonds is 8. The van der Waals surface area contributed by atoms with Crippen molar-refractivity contribution in [3.8, 4) is 12.3 Å². The molecule has 8 atom stereocenters. The molecule has 0 radical (unpaired) electrons. The number of amides is 2. The van der Waals surface area contributed by atoms with E-state index in [4.69, 9.17) is 16.4 Å². The fourth-order valence-electron chi connectivity index (χ4n) is 8.18. The first-order valence-corrected chi connectivity index (χ1v) is 14.7. The van der Waals surface area contributed by atoms with Crippen LogP contribution in [0.5, 0.6) is 0 Å². The van der Waals surface area contributed by atoms with Crippen molar-refractivity contribution in [2.75, 3.05) is 6.61 Å². The average Bonchev–Trinajstić information content (AvgIpc) is 3.18. The summed E-state index contributed by atoms with van der Waals surface area (Å²) in [5, 5.41) is 29.5. The number of allylic oxidation sites excluding steroid dienone is 2. The van der Waals surface area contributed by atoms with Crippen LogP contribution in [-0.4, -0.2) is 58.0 Å². The molecule has 0 saturated heterocycles. The van der Waals surface area contributed by atoms with Crippen LogP contribution < -0.4 is 10.6 Å². The van der Waals surface area contributed by atoms with E-state index >= 15 is 0 Å². The molecule has 4 aliphatic rings. The third-order valence-electron chi connectivity index (χ3n) is 10.7. The number of carboxylic acid groups (broad SMARTS) is 1. The van der Waals surface area contributed by atoms with Crippen LogP contribution in [0, 0.1) is 46.8 Å². The minimum absolute atomic E-state index is 0.0857. The SMILES string of the molecule is C#C[C@@]1(O)CC[C@H]2[C@@H]3CCC4=C/C(=N\OCC(=O)N[C@@H](C(=O)N[C@@H](C)C(=O)O)C(C)C)CC[C@]4(C)[C@H]3CC[C@@]21C. The molecule has 0 spiro atoms. The molecule has 220 valence electrons. The minimum Gasteiger partial charge on any atom is -0.480 e. The Morgan fingerprint density at radius 3 is 2.45 bits per heavy atom. The van der Waals surface area contributed by atoms with Crippen molar-refractivity contribution in [1.29, 1.82) is 0 Å². The second-order valence-electron chi connectivity index (χ2n) is 13.2. The maximum atomic E-state index is 12.5. The number of oxime groups is 1. The summed E-state index contributed by atoms with van der Waals surface area (Å²) in [5.74, 6) is 1.88. The lowest BCUT2D eigenvalue weighted by Crippen LogP contribution is -2.54. The molecular weight excluding hydrogens is 510 g/mol. The van der Waals surface area contributed by atoms with Gasteiger partial charge in [0.2, 0.25) is 5.91 Å². The lowest BCUT2D eigenvalue weighted by molar-refractivity contribution is -0.142. The van der Waals surface area contributed by atoms with E-state index < -0.39 is 35.5 Å². The summed E-state index contributed by atoms with van der Waals surface area (Å²) < 4.78 is 0. The van der Waals surface area contributed by atoms with Crippen molar-refractivity contribution in [1.82, 2.24) is 10.6 Å². The van der Waals surface area contributed by atoms with Gasteiger partial charge in [-0.2, -0.15) is 0 Å². The second kappa shape index (κ2) is 11.2. The fourth-order valence-corrected chi connectivity index (χ4v) is 8.18. The number of terminal acetylenes is 1. The van der Waals surface area contributed by atoms with Crippen LogP contribution in [0.3, 0.4) is 0 Å². The van der Waals surface area contributed by atoms with Gasteiger partial charge in [-0.05, 0) is 93.5 Å². The number of aliphatic hydroxyl groups is 1. The van der Waals surface area contributed by atoms with Crippen LogP contribution >= 0.6 is 0 Å². The summed E-state index contributed by atoms with van der Waals surface area (Å²) in [6, 6.07) is -1.94. The van der Waals surface area contributed by atoms with Crippen molar-refractivity contribution in [2.24, 2.45) is 39.7 Å². The zero-order valence-corrected chi connectivity index (χ0v) is 24.5. The van der Waals surface area contributed by atoms with Crippen LogP contribution in [0.4, 0.5) is 0 Å². The zero-order chi connectivity index (χ0) is 29.5. The van der Waals surface area contributed by atoms with Gasteiger partial charge in [0.15, 0.2) is 6.61 Å². The number of nitrogens with one attached hydrogen (secondary N) is 2. The summed E-state index contributed by atoms with van der Waals surface area (Å²) in [7, 11) is 0. The van der Waals surface area contributed by atoms with Crippen molar-refractivity contribution in [3.05, 3.63) is 11.6 Å². The van der Waals surface area contributed by atoms with Crippen molar-refractivity contribution < 1.29 is 29.4 Å². The Morgan fingerprint density at radius 2 is 1.80 bits per heavy atom. The molecule has 2 amide bonds. The Hall–Kier alpha value is -2.86. The first-order chi connectivity index (χ1) is 18.8. The van der Waals surface area contributed by atoms with E-state index in [1.165, 1.54) is 12.5 Å². The van der Waals surface area contributed by atoms with Gasteiger partial charge in [0.1, 0.15) is 17.7 Å². The summed E-state index contributed by atoms with van der Waals surface area (Å²) >= 11 is 0. The summed E-state index contributed by atoms with van der Waals surface area (Å²) in [4.78, 5) is 41.4. The highest BCUT2D eigenvalue weighted by molar-refractivity contribution is 5.96. The third-order valence-corrected chi connectivity index (χ3v) is 10.7. The second-order valence-corrected chi connectivity index (χ2v) is 13.2. The van der Waals surface area contributed by atoms with Crippen LogP contribution in [0.1, 0.15) is 86.0 Å². The molecular formula is C31H45N3O6. The van der Waals surface area contributed by atoms with E-state index in [1.54, 1.807) is 13.8 Å². The van der Waals surface area contributed by atoms with Gasteiger partial charge < -0.3 is 25.7 Å². The topological polar surface area (TPSA) is 137 Å². The van der Waals surface area contributed by atoms with E-state index in [0.717, 1.165) is 50.7 Å². The average molecular weight is 556 g/mol. The van der Waals surface area contributed by atoms with Gasteiger partial charge in [-0.25, -0.2) is 0 Å². The molecule has 0 bridgehead atoms. The number of hydrogen-bond acceptors (Lipinski definition) is 6. The number of carbonyl (C=O) groups is 3. The molecule has 0 unspecified atom stereocenters. The van der Waals surface area contributed by atoms with Gasteiger partial charge in [0, 0.05) is 5.41 Å². The van der Waals surface area contributed by atoms with Gasteiger partial charge in [-0.15, -0.1) is 6.42 Å². The lowest BCUT2D eigenvalue weighted by atomic mass is 9.46. The molecule has 3 saturated carbocycles. The molecule has 9 heteroatoms. The normalized spacial score (nSPS) is 37.2. The first kappa shape index (κ1) is 30.1. The number of nitrogens with zero attached hydrogens (tertiary/aromatic N) is 1. The third kappa shape index (κ3) is 5.27. The minimum atomic E-state index is -1.15. The molecule has 0 aromatic carbocycles. The Bertz CT molecular complexity index is 1140. The number of hydrogen-bond donors (Lipinski definition) is 4. The quantitative estimate of drug-likeness (QED) is 0.268. The van der Waals surface area contributed by atoms with E-state index in [0.29, 0.717) is 24.2 Å². The number of fused-ring (bicyclic) bond motifs is 5. The Morgan fingerprint density at radius 1 is 1.10 bits per heavy atom. The highest BCUT2D eigenvalue weighted by atomic mass is 16.6. The molecule has 3 fully saturated rings. The van der Waals surface area contributed by atoms with Crippen molar-refractivity contribution in [2.45, 2.75) is 104 Å². The highest BCUT2D eigenvalue weighted by Crippen LogP contribution is 2.67. The summed E-state index contributed by atoms with van der Waals surface area (Å²) in [6.07, 6.45) is 15.5. The maximum absolute atomic E-state index is 12.5. The molecule has 4 N–H and O–H groups in total. The van der Waals surface area contributed by atoms with Crippen LogP contribution in [0.25, 0.3) is 0 Å². The van der Waals surface area contributed by atoms with Crippen LogP contribution in [-0.2, 0) is 19.2 Å². The van der Waals surface area contributed by atoms with E-state index in [9.17, 15) is 19.5 Å². The fraction of sp³-hybridized carbons (Fsp3) is 0.742. The van der Waals surface area contributed by atoms with E-state index in [-0.39, 0.29) is 23.4 Å². The first-order valence-electron chi connectivity index (χ1n) is 14.7. The molecule has 4 aliphatic carbocycles. The van der Waals surface area contributed by atoms with Gasteiger partial charge in [-0.1, -0.05) is 44.3 Å². The van der Waals surface area contributed by atoms with Gasteiger partial charge in [0.05, 0.1) is 5.71 Å². The standard InChI is InChI=1S/C31H45N3O6/c1-7-31(39)15-12-24-22-9-8-20-16-21(10-13-29(20,5)23(22)11-14-30(24,31)6)34-40-17-25(35)33-26(18(2)3)27(36)32-19(4)28(37)38/h1,16,18-19,22-24,26,39H,8-15,17H2,2-6H3,(H,32,36)(H,33,35)(H,37,38)/b34-21-/t19-,22+,23-,24-,26+,29-,30-,31+/m0/s1. The Kier molecular flexibility index (Phi) is 8.43. The van der Waals surface area contributed by atoms with Gasteiger partial charge in [-0.3, -0.25) is 14.4 Å². The van der Waals surface area contributed by atoms with Crippen molar-refractivity contribution in [3.63, 3.8) is 0 Å². The predicted molar refractivity (Wildman–Crippen MR) is 151 cm³/mol. The monoisotopic (exact) mass is 555 g/mol. The van der Waals surface area contributed by atoms with Gasteiger partial charge >= 0.3 is 5.97 Å². The smallest absolute Gasteiger partial charge is 0.325 e. The maximum Gasteiger partial charge on any atom is 0.325 e. The molecule has 9 nitrogen and oxygen atoms in total. The molecule has 4 rings (SSSR count). The largest absolute Gasteiger partial charge is 0.480 e. The number of carboxylic acids is 1. The van der Waals surface area contributed by atoms with E-state index in [2.05, 4.69) is 41.6 Å². The molecule has 0 heterocycles. The van der Waals surface area contributed by atoms with Crippen LogP contribution in [0.15, 0.2) is 16.8 Å². The molecule has 0 aliphatic heterocycles. The summed E-state index contributed by atoms with van der Waals surface area (Å²) in [6.45, 7) is 9.16. The molecule has 0 aromatic heterocycles. The molecule has 0 aromatic rings. The van der Waals surface area contributed by atoms with Crippen LogP contribution in [0.2, 0.25) is 0 Å². The van der Waals surface area contributed by atoms with Crippen molar-refractivity contribution >= 4 is 23.5 Å². The summed E-state index contributed by atoms with van der Waals surface area (Å²) in [5.41, 5.74) is 1.09. The Balaban J connectivity index is 1.36. The number of aliphatic carboxylic acids is 1. The number of carbonyl (C=O) groups excluding carboxylic acids is 2. The van der Waals surface area contributed by atoms with Gasteiger partial charge in [0.25, 0.3) is 5.91 Å². The highest BCUT2D eigenvalue weighted by Gasteiger charge is 2.63. The van der Waals surface area contributed by atoms with E-state index in [1.807, 2.05) is 0 Å². The molecule has 40 heavy (non-hydrogen) atoms. The Labute approximate surface area is 237 Å². The predicted octanol–water partition coefficient (Wildman–Crippen LogP) is 3.42.